The molecule has 2 aromatic carbocycles. The van der Waals surface area contributed by atoms with Crippen molar-refractivity contribution in [1.29, 1.82) is 0 Å². The Morgan fingerprint density at radius 1 is 1.07 bits per heavy atom. The Morgan fingerprint density at radius 2 is 1.86 bits per heavy atom. The highest BCUT2D eigenvalue weighted by molar-refractivity contribution is 5.93. The molecule has 0 unspecified atom stereocenters. The molecule has 1 amide bonds. The molecule has 0 bridgehead atoms. The van der Waals surface area contributed by atoms with Crippen molar-refractivity contribution in [2.24, 2.45) is 0 Å². The Bertz CT molecular complexity index is 1030. The highest BCUT2D eigenvalue weighted by atomic mass is 16.5. The zero-order chi connectivity index (χ0) is 20.2. The first-order valence-electron chi connectivity index (χ1n) is 9.91. The van der Waals surface area contributed by atoms with Gasteiger partial charge in [0, 0.05) is 18.5 Å². The van der Waals surface area contributed by atoms with Crippen LogP contribution in [0.3, 0.4) is 0 Å². The first-order valence-corrected chi connectivity index (χ1v) is 9.91. The molecule has 4 rings (SSSR count). The maximum absolute atomic E-state index is 12.6. The highest BCUT2D eigenvalue weighted by Gasteiger charge is 2.13. The molecule has 1 aliphatic heterocycles. The second kappa shape index (κ2) is 8.39. The molecule has 6 heteroatoms. The van der Waals surface area contributed by atoms with Crippen molar-refractivity contribution in [2.45, 2.75) is 33.1 Å². The normalized spacial score (nSPS) is 13.0. The van der Waals surface area contributed by atoms with Crippen molar-refractivity contribution in [3.8, 4) is 17.2 Å². The molecule has 0 saturated heterocycles. The highest BCUT2D eigenvalue weighted by Crippen LogP contribution is 2.31. The van der Waals surface area contributed by atoms with Crippen molar-refractivity contribution in [1.82, 2.24) is 9.78 Å². The smallest absolute Gasteiger partial charge is 0.224 e. The van der Waals surface area contributed by atoms with Gasteiger partial charge < -0.3 is 14.8 Å². The van der Waals surface area contributed by atoms with Gasteiger partial charge in [-0.05, 0) is 56.2 Å². The summed E-state index contributed by atoms with van der Waals surface area (Å²) in [6.07, 6.45) is 1.89. The number of aromatic nitrogens is 2. The summed E-state index contributed by atoms with van der Waals surface area (Å²) in [5.41, 5.74) is 4.63. The summed E-state index contributed by atoms with van der Waals surface area (Å²) in [4.78, 5) is 12.6. The summed E-state index contributed by atoms with van der Waals surface area (Å²) < 4.78 is 13.3. The van der Waals surface area contributed by atoms with Crippen LogP contribution in [0.2, 0.25) is 0 Å². The lowest BCUT2D eigenvalue weighted by molar-refractivity contribution is -0.116. The third-order valence-corrected chi connectivity index (χ3v) is 4.87. The van der Waals surface area contributed by atoms with E-state index < -0.39 is 0 Å². The van der Waals surface area contributed by atoms with Crippen LogP contribution in [-0.2, 0) is 11.2 Å². The van der Waals surface area contributed by atoms with Crippen LogP contribution in [0.15, 0.2) is 48.5 Å². The lowest BCUT2D eigenvalue weighted by atomic mass is 10.1. The molecule has 0 saturated carbocycles. The van der Waals surface area contributed by atoms with E-state index in [1.54, 1.807) is 0 Å². The number of amides is 1. The summed E-state index contributed by atoms with van der Waals surface area (Å²) in [7, 11) is 0. The molecule has 1 aliphatic rings. The SMILES string of the molecule is Cc1cc(C)n(-c2ccccc2NC(=O)CCc2ccc3c(c2)OCCCO3)n1. The van der Waals surface area contributed by atoms with E-state index in [0.717, 1.165) is 46.2 Å². The third kappa shape index (κ3) is 4.42. The first kappa shape index (κ1) is 19.1. The molecule has 1 N–H and O–H groups in total. The van der Waals surface area contributed by atoms with Crippen LogP contribution in [0.1, 0.15) is 29.8 Å². The molecule has 0 aliphatic carbocycles. The zero-order valence-electron chi connectivity index (χ0n) is 16.8. The lowest BCUT2D eigenvalue weighted by Gasteiger charge is -2.13. The van der Waals surface area contributed by atoms with Crippen molar-refractivity contribution in [3.05, 3.63) is 65.5 Å². The van der Waals surface area contributed by atoms with Gasteiger partial charge >= 0.3 is 0 Å². The molecule has 6 nitrogen and oxygen atoms in total. The standard InChI is InChI=1S/C23H25N3O3/c1-16-14-17(2)26(25-16)20-7-4-3-6-19(20)24-23(27)11-9-18-8-10-21-22(15-18)29-13-5-12-28-21/h3-4,6-8,10,14-15H,5,9,11-13H2,1-2H3,(H,24,27). The minimum atomic E-state index is -0.0360. The number of hydrogen-bond donors (Lipinski definition) is 1. The molecule has 0 spiro atoms. The van der Waals surface area contributed by atoms with Crippen LogP contribution < -0.4 is 14.8 Å². The number of nitrogens with one attached hydrogen (secondary N) is 1. The Hall–Kier alpha value is -3.28. The average molecular weight is 391 g/mol. The fourth-order valence-corrected chi connectivity index (χ4v) is 3.47. The van der Waals surface area contributed by atoms with E-state index in [-0.39, 0.29) is 5.91 Å². The number of hydrogen-bond acceptors (Lipinski definition) is 4. The Balaban J connectivity index is 1.43. The summed E-state index contributed by atoms with van der Waals surface area (Å²) in [6.45, 7) is 5.28. The number of benzene rings is 2. The molecule has 2 heterocycles. The van der Waals surface area contributed by atoms with Gasteiger partial charge in [0.1, 0.15) is 0 Å². The van der Waals surface area contributed by atoms with Crippen molar-refractivity contribution in [3.63, 3.8) is 0 Å². The molecule has 3 aromatic rings. The molecule has 0 radical (unpaired) electrons. The second-order valence-electron chi connectivity index (χ2n) is 7.24. The van der Waals surface area contributed by atoms with Crippen LogP contribution in [0.5, 0.6) is 11.5 Å². The van der Waals surface area contributed by atoms with Gasteiger partial charge in [0.05, 0.1) is 30.3 Å². The number of para-hydroxylation sites is 2. The molecule has 1 aromatic heterocycles. The van der Waals surface area contributed by atoms with Gasteiger partial charge in [-0.15, -0.1) is 0 Å². The third-order valence-electron chi connectivity index (χ3n) is 4.87. The summed E-state index contributed by atoms with van der Waals surface area (Å²) >= 11 is 0. The molecule has 0 fully saturated rings. The minimum Gasteiger partial charge on any atom is -0.490 e. The predicted molar refractivity (Wildman–Crippen MR) is 112 cm³/mol. The van der Waals surface area contributed by atoms with E-state index in [1.807, 2.05) is 67.1 Å². The molecular weight excluding hydrogens is 366 g/mol. The Morgan fingerprint density at radius 3 is 2.66 bits per heavy atom. The van der Waals surface area contributed by atoms with Gasteiger partial charge in [0.15, 0.2) is 11.5 Å². The number of carbonyl (C=O) groups is 1. The molecule has 150 valence electrons. The lowest BCUT2D eigenvalue weighted by Crippen LogP contribution is -2.15. The van der Waals surface area contributed by atoms with Gasteiger partial charge in [-0.1, -0.05) is 18.2 Å². The monoisotopic (exact) mass is 391 g/mol. The van der Waals surface area contributed by atoms with Gasteiger partial charge in [0.25, 0.3) is 0 Å². The fourth-order valence-electron chi connectivity index (χ4n) is 3.47. The number of carbonyl (C=O) groups excluding carboxylic acids is 1. The minimum absolute atomic E-state index is 0.0360. The summed E-state index contributed by atoms with van der Waals surface area (Å²) in [6, 6.07) is 15.6. The zero-order valence-corrected chi connectivity index (χ0v) is 16.8. The second-order valence-corrected chi connectivity index (χ2v) is 7.24. The average Bonchev–Trinajstić information content (AvgIpc) is 2.91. The number of nitrogens with zero attached hydrogens (tertiary/aromatic N) is 2. The first-order chi connectivity index (χ1) is 14.1. The van der Waals surface area contributed by atoms with Gasteiger partial charge in [-0.3, -0.25) is 4.79 Å². The molecular formula is C23H25N3O3. The van der Waals surface area contributed by atoms with Crippen molar-refractivity contribution < 1.29 is 14.3 Å². The quantitative estimate of drug-likeness (QED) is 0.707. The Kier molecular flexibility index (Phi) is 5.51. The van der Waals surface area contributed by atoms with Gasteiger partial charge in [0.2, 0.25) is 5.91 Å². The number of aryl methyl sites for hydroxylation is 3. The van der Waals surface area contributed by atoms with Crippen LogP contribution >= 0.6 is 0 Å². The number of ether oxygens (including phenoxy) is 2. The summed E-state index contributed by atoms with van der Waals surface area (Å²) in [5, 5.41) is 7.56. The van der Waals surface area contributed by atoms with E-state index in [2.05, 4.69) is 10.4 Å². The number of anilines is 1. The number of fused-ring (bicyclic) bond motifs is 1. The van der Waals surface area contributed by atoms with Crippen molar-refractivity contribution in [2.75, 3.05) is 18.5 Å². The van der Waals surface area contributed by atoms with E-state index in [4.69, 9.17) is 9.47 Å². The van der Waals surface area contributed by atoms with Crippen LogP contribution in [0, 0.1) is 13.8 Å². The fraction of sp³-hybridized carbons (Fsp3) is 0.304. The number of rotatable bonds is 5. The van der Waals surface area contributed by atoms with Crippen LogP contribution in [0.4, 0.5) is 5.69 Å². The van der Waals surface area contributed by atoms with Gasteiger partial charge in [-0.2, -0.15) is 5.10 Å². The van der Waals surface area contributed by atoms with Gasteiger partial charge in [-0.25, -0.2) is 4.68 Å². The van der Waals surface area contributed by atoms with Crippen LogP contribution in [-0.4, -0.2) is 28.9 Å². The van der Waals surface area contributed by atoms with Crippen molar-refractivity contribution >= 4 is 11.6 Å². The molecule has 29 heavy (non-hydrogen) atoms. The predicted octanol–water partition coefficient (Wildman–Crippen LogP) is 4.22. The van der Waals surface area contributed by atoms with E-state index in [0.29, 0.717) is 26.1 Å². The summed E-state index contributed by atoms with van der Waals surface area (Å²) in [5.74, 6) is 1.50. The van der Waals surface area contributed by atoms with E-state index in [9.17, 15) is 4.79 Å². The topological polar surface area (TPSA) is 65.4 Å². The Labute approximate surface area is 170 Å². The maximum atomic E-state index is 12.6. The maximum Gasteiger partial charge on any atom is 0.224 e. The molecule has 0 atom stereocenters. The van der Waals surface area contributed by atoms with E-state index >= 15 is 0 Å². The van der Waals surface area contributed by atoms with E-state index in [1.165, 1.54) is 0 Å². The van der Waals surface area contributed by atoms with Crippen LogP contribution in [0.25, 0.3) is 5.69 Å². The largest absolute Gasteiger partial charge is 0.490 e.